The fourth-order valence-electron chi connectivity index (χ4n) is 3.33. The second-order valence-corrected chi connectivity index (χ2v) is 5.80. The van der Waals surface area contributed by atoms with Crippen LogP contribution in [-0.4, -0.2) is 29.9 Å². The number of rotatable bonds is 4. The summed E-state index contributed by atoms with van der Waals surface area (Å²) in [6.07, 6.45) is 8.18. The lowest BCUT2D eigenvalue weighted by atomic mass is 10.1. The average molecular weight is 264 g/mol. The summed E-state index contributed by atoms with van der Waals surface area (Å²) >= 11 is 0. The smallest absolute Gasteiger partial charge is 0.131 e. The molecule has 1 aliphatic carbocycles. The number of nitrogens with one attached hydrogen (secondary N) is 1. The van der Waals surface area contributed by atoms with Crippen LogP contribution in [0.1, 0.15) is 49.8 Å². The van der Waals surface area contributed by atoms with Gasteiger partial charge in [0.1, 0.15) is 5.82 Å². The molecule has 1 aromatic heterocycles. The van der Waals surface area contributed by atoms with Gasteiger partial charge in [-0.05, 0) is 26.8 Å². The maximum atomic E-state index is 4.60. The Morgan fingerprint density at radius 3 is 2.47 bits per heavy atom. The van der Waals surface area contributed by atoms with Crippen LogP contribution in [0.15, 0.2) is 0 Å². The summed E-state index contributed by atoms with van der Waals surface area (Å²) in [5.74, 6) is 1.29. The summed E-state index contributed by atoms with van der Waals surface area (Å²) in [6.45, 7) is 3.00. The largest absolute Gasteiger partial charge is 0.357 e. The van der Waals surface area contributed by atoms with Crippen molar-refractivity contribution in [3.8, 4) is 0 Å². The van der Waals surface area contributed by atoms with Crippen molar-refractivity contribution in [2.75, 3.05) is 19.0 Å². The molecule has 0 unspecified atom stereocenters. The second-order valence-electron chi connectivity index (χ2n) is 5.80. The quantitative estimate of drug-likeness (QED) is 0.849. The van der Waals surface area contributed by atoms with E-state index < -0.39 is 0 Å². The Hall–Kier alpha value is -1.03. The van der Waals surface area contributed by atoms with Gasteiger partial charge in [-0.15, -0.1) is 0 Å². The molecule has 0 bridgehead atoms. The minimum absolute atomic E-state index is 0.674. The topological polar surface area (TPSA) is 33.1 Å². The standard InChI is InChI=1S/C15H28N4/c1-12-14(11-16-2)15(19(4)17-12)18(3)13-9-7-5-6-8-10-13/h13,16H,5-11H2,1-4H3. The molecular formula is C15H28N4. The molecule has 0 atom stereocenters. The summed E-state index contributed by atoms with van der Waals surface area (Å²) < 4.78 is 2.05. The van der Waals surface area contributed by atoms with E-state index in [9.17, 15) is 0 Å². The van der Waals surface area contributed by atoms with Gasteiger partial charge in [-0.25, -0.2) is 0 Å². The van der Waals surface area contributed by atoms with Crippen molar-refractivity contribution in [2.45, 2.75) is 58.0 Å². The summed E-state index contributed by atoms with van der Waals surface area (Å²) in [6, 6.07) is 0.674. The lowest BCUT2D eigenvalue weighted by molar-refractivity contribution is 0.537. The van der Waals surface area contributed by atoms with E-state index in [-0.39, 0.29) is 0 Å². The number of nitrogens with zero attached hydrogens (tertiary/aromatic N) is 3. The highest BCUT2D eigenvalue weighted by atomic mass is 15.4. The maximum absolute atomic E-state index is 4.60. The predicted molar refractivity (Wildman–Crippen MR) is 80.6 cm³/mol. The first-order chi connectivity index (χ1) is 9.15. The summed E-state index contributed by atoms with van der Waals surface area (Å²) in [5.41, 5.74) is 2.49. The van der Waals surface area contributed by atoms with Crippen LogP contribution in [0.5, 0.6) is 0 Å². The average Bonchev–Trinajstić information content (AvgIpc) is 2.61. The summed E-state index contributed by atoms with van der Waals surface area (Å²) in [5, 5.41) is 7.87. The van der Waals surface area contributed by atoms with Gasteiger partial charge in [0.25, 0.3) is 0 Å². The molecule has 1 aliphatic rings. The molecule has 1 fully saturated rings. The normalized spacial score (nSPS) is 17.5. The molecular weight excluding hydrogens is 236 g/mol. The monoisotopic (exact) mass is 264 g/mol. The first-order valence-corrected chi connectivity index (χ1v) is 7.55. The molecule has 0 aromatic carbocycles. The molecule has 1 heterocycles. The molecule has 0 spiro atoms. The van der Waals surface area contributed by atoms with Crippen molar-refractivity contribution in [3.05, 3.63) is 11.3 Å². The number of hydrogen-bond donors (Lipinski definition) is 1. The zero-order valence-electron chi connectivity index (χ0n) is 12.9. The van der Waals surface area contributed by atoms with Crippen molar-refractivity contribution in [3.63, 3.8) is 0 Å². The molecule has 0 aliphatic heterocycles. The second kappa shape index (κ2) is 6.42. The number of aryl methyl sites for hydroxylation is 2. The fraction of sp³-hybridized carbons (Fsp3) is 0.800. The van der Waals surface area contributed by atoms with E-state index in [1.54, 1.807) is 0 Å². The van der Waals surface area contributed by atoms with Crippen molar-refractivity contribution in [1.82, 2.24) is 15.1 Å². The van der Waals surface area contributed by atoms with Crippen LogP contribution in [0.25, 0.3) is 0 Å². The third-order valence-electron chi connectivity index (χ3n) is 4.37. The Morgan fingerprint density at radius 2 is 1.89 bits per heavy atom. The molecule has 108 valence electrons. The van der Waals surface area contributed by atoms with E-state index in [1.807, 2.05) is 11.7 Å². The molecule has 4 nitrogen and oxygen atoms in total. The molecule has 0 saturated heterocycles. The Kier molecular flexibility index (Phi) is 4.86. The first kappa shape index (κ1) is 14.4. The van der Waals surface area contributed by atoms with Gasteiger partial charge in [-0.1, -0.05) is 25.7 Å². The molecule has 0 radical (unpaired) electrons. The van der Waals surface area contributed by atoms with E-state index in [0.29, 0.717) is 6.04 Å². The SMILES string of the molecule is CNCc1c(C)nn(C)c1N(C)C1CCCCCC1. The Labute approximate surface area is 117 Å². The highest BCUT2D eigenvalue weighted by Gasteiger charge is 2.23. The molecule has 2 rings (SSSR count). The third-order valence-corrected chi connectivity index (χ3v) is 4.37. The third kappa shape index (κ3) is 3.11. The van der Waals surface area contributed by atoms with Gasteiger partial charge in [0.15, 0.2) is 0 Å². The lowest BCUT2D eigenvalue weighted by Crippen LogP contribution is -2.33. The van der Waals surface area contributed by atoms with Crippen molar-refractivity contribution >= 4 is 5.82 Å². The molecule has 4 heteroatoms. The van der Waals surface area contributed by atoms with Crippen LogP contribution in [-0.2, 0) is 13.6 Å². The molecule has 1 saturated carbocycles. The van der Waals surface area contributed by atoms with Crippen molar-refractivity contribution < 1.29 is 0 Å². The highest BCUT2D eigenvalue weighted by molar-refractivity contribution is 5.50. The van der Waals surface area contributed by atoms with Crippen molar-refractivity contribution in [1.29, 1.82) is 0 Å². The lowest BCUT2D eigenvalue weighted by Gasteiger charge is -2.30. The highest BCUT2D eigenvalue weighted by Crippen LogP contribution is 2.29. The van der Waals surface area contributed by atoms with E-state index in [1.165, 1.54) is 49.9 Å². The molecule has 1 N–H and O–H groups in total. The fourth-order valence-corrected chi connectivity index (χ4v) is 3.33. The summed E-state index contributed by atoms with van der Waals surface area (Å²) in [4.78, 5) is 2.47. The Bertz CT molecular complexity index is 403. The van der Waals surface area contributed by atoms with Gasteiger partial charge in [0.2, 0.25) is 0 Å². The van der Waals surface area contributed by atoms with Crippen molar-refractivity contribution in [2.24, 2.45) is 7.05 Å². The van der Waals surface area contributed by atoms with E-state index >= 15 is 0 Å². The molecule has 0 amide bonds. The van der Waals surface area contributed by atoms with Gasteiger partial charge < -0.3 is 10.2 Å². The minimum Gasteiger partial charge on any atom is -0.357 e. The maximum Gasteiger partial charge on any atom is 0.131 e. The van der Waals surface area contributed by atoms with Crippen LogP contribution in [0, 0.1) is 6.92 Å². The van der Waals surface area contributed by atoms with Crippen LogP contribution in [0.2, 0.25) is 0 Å². The van der Waals surface area contributed by atoms with Gasteiger partial charge >= 0.3 is 0 Å². The first-order valence-electron chi connectivity index (χ1n) is 7.55. The molecule has 19 heavy (non-hydrogen) atoms. The van der Waals surface area contributed by atoms with Crippen LogP contribution < -0.4 is 10.2 Å². The number of aromatic nitrogens is 2. The Balaban J connectivity index is 2.23. The number of hydrogen-bond acceptors (Lipinski definition) is 3. The van der Waals surface area contributed by atoms with E-state index in [4.69, 9.17) is 0 Å². The Morgan fingerprint density at radius 1 is 1.26 bits per heavy atom. The van der Waals surface area contributed by atoms with Gasteiger partial charge in [0, 0.05) is 32.2 Å². The number of anilines is 1. The minimum atomic E-state index is 0.674. The van der Waals surface area contributed by atoms with Gasteiger partial charge in [-0.2, -0.15) is 5.10 Å². The van der Waals surface area contributed by atoms with E-state index in [2.05, 4.69) is 36.3 Å². The van der Waals surface area contributed by atoms with Crippen LogP contribution >= 0.6 is 0 Å². The van der Waals surface area contributed by atoms with Gasteiger partial charge in [-0.3, -0.25) is 4.68 Å². The zero-order valence-corrected chi connectivity index (χ0v) is 12.9. The predicted octanol–water partition coefficient (Wildman–Crippen LogP) is 2.61. The van der Waals surface area contributed by atoms with Gasteiger partial charge in [0.05, 0.1) is 5.69 Å². The van der Waals surface area contributed by atoms with Crippen LogP contribution in [0.3, 0.4) is 0 Å². The summed E-state index contributed by atoms with van der Waals surface area (Å²) in [7, 11) is 6.31. The zero-order chi connectivity index (χ0) is 13.8. The van der Waals surface area contributed by atoms with E-state index in [0.717, 1.165) is 12.2 Å². The molecule has 1 aromatic rings. The van der Waals surface area contributed by atoms with Crippen LogP contribution in [0.4, 0.5) is 5.82 Å².